The molecule has 1 aliphatic rings. The van der Waals surface area contributed by atoms with Gasteiger partial charge in [-0.3, -0.25) is 0 Å². The number of ether oxygens (including phenoxy) is 1. The molecule has 2 rings (SSSR count). The molecule has 0 aliphatic carbocycles. The highest BCUT2D eigenvalue weighted by Gasteiger charge is 2.35. The first kappa shape index (κ1) is 14.7. The lowest BCUT2D eigenvalue weighted by atomic mass is 10.0. The van der Waals surface area contributed by atoms with Gasteiger partial charge in [0.1, 0.15) is 10.7 Å². The van der Waals surface area contributed by atoms with Gasteiger partial charge in [-0.05, 0) is 35.3 Å². The quantitative estimate of drug-likeness (QED) is 0.857. The monoisotopic (exact) mass is 349 g/mol. The maximum Gasteiger partial charge on any atom is 0.244 e. The Morgan fingerprint density at radius 3 is 2.84 bits per heavy atom. The second kappa shape index (κ2) is 5.35. The van der Waals surface area contributed by atoms with Gasteiger partial charge in [-0.25, -0.2) is 18.1 Å². The molecule has 106 valence electrons. The number of aromatic nitrogens is 1. The molecule has 1 unspecified atom stereocenters. The molecule has 2 N–H and O–H groups in total. The van der Waals surface area contributed by atoms with E-state index in [4.69, 9.17) is 4.74 Å². The predicted octanol–water partition coefficient (Wildman–Crippen LogP) is 1.34. The van der Waals surface area contributed by atoms with Crippen LogP contribution in [0.5, 0.6) is 0 Å². The number of nitrogens with zero attached hydrogens (tertiary/aromatic N) is 1. The van der Waals surface area contributed by atoms with E-state index in [1.165, 1.54) is 6.07 Å². The standard InChI is InChI=1S/C11H16BrN3O3S/c1-11(3-4-18-7-11)15-19(16,17)9-5-8(12)6-14-10(9)13-2/h5-6,15H,3-4,7H2,1-2H3,(H,13,14). The van der Waals surface area contributed by atoms with Crippen LogP contribution in [0.1, 0.15) is 13.3 Å². The Labute approximate surface area is 121 Å². The van der Waals surface area contributed by atoms with Gasteiger partial charge in [-0.1, -0.05) is 0 Å². The third kappa shape index (κ3) is 3.25. The molecule has 2 heterocycles. The van der Waals surface area contributed by atoms with E-state index >= 15 is 0 Å². The Morgan fingerprint density at radius 2 is 2.26 bits per heavy atom. The maximum absolute atomic E-state index is 12.5. The van der Waals surface area contributed by atoms with Gasteiger partial charge in [0.05, 0.1) is 12.1 Å². The van der Waals surface area contributed by atoms with Crippen LogP contribution in [0.25, 0.3) is 0 Å². The van der Waals surface area contributed by atoms with E-state index in [1.54, 1.807) is 13.2 Å². The maximum atomic E-state index is 12.5. The second-order valence-corrected chi connectivity index (χ2v) is 7.29. The van der Waals surface area contributed by atoms with E-state index in [9.17, 15) is 8.42 Å². The zero-order valence-electron chi connectivity index (χ0n) is 10.7. The van der Waals surface area contributed by atoms with Crippen molar-refractivity contribution in [3.63, 3.8) is 0 Å². The molecule has 1 saturated heterocycles. The van der Waals surface area contributed by atoms with Crippen LogP contribution < -0.4 is 10.0 Å². The summed E-state index contributed by atoms with van der Waals surface area (Å²) >= 11 is 3.24. The van der Waals surface area contributed by atoms with Crippen LogP contribution in [0.2, 0.25) is 0 Å². The summed E-state index contributed by atoms with van der Waals surface area (Å²) in [6.07, 6.45) is 2.20. The molecule has 0 bridgehead atoms. The first-order valence-corrected chi connectivity index (χ1v) is 8.09. The van der Waals surface area contributed by atoms with E-state index in [1.807, 2.05) is 6.92 Å². The number of sulfonamides is 1. The lowest BCUT2D eigenvalue weighted by Gasteiger charge is -2.23. The van der Waals surface area contributed by atoms with Gasteiger partial charge in [0.2, 0.25) is 10.0 Å². The third-order valence-corrected chi connectivity index (χ3v) is 5.03. The first-order chi connectivity index (χ1) is 8.86. The summed E-state index contributed by atoms with van der Waals surface area (Å²) in [4.78, 5) is 4.17. The highest BCUT2D eigenvalue weighted by molar-refractivity contribution is 9.10. The minimum absolute atomic E-state index is 0.123. The molecule has 6 nitrogen and oxygen atoms in total. The smallest absolute Gasteiger partial charge is 0.244 e. The van der Waals surface area contributed by atoms with Crippen molar-refractivity contribution in [2.24, 2.45) is 0 Å². The molecule has 0 saturated carbocycles. The topological polar surface area (TPSA) is 80.3 Å². The minimum Gasteiger partial charge on any atom is -0.379 e. The lowest BCUT2D eigenvalue weighted by Crippen LogP contribution is -2.46. The molecule has 1 aliphatic heterocycles. The zero-order valence-corrected chi connectivity index (χ0v) is 13.1. The average Bonchev–Trinajstić information content (AvgIpc) is 2.74. The Balaban J connectivity index is 2.36. The predicted molar refractivity (Wildman–Crippen MR) is 75.6 cm³/mol. The fraction of sp³-hybridized carbons (Fsp3) is 0.545. The van der Waals surface area contributed by atoms with Crippen LogP contribution in [0.15, 0.2) is 21.6 Å². The van der Waals surface area contributed by atoms with E-state index < -0.39 is 15.6 Å². The summed E-state index contributed by atoms with van der Waals surface area (Å²) < 4.78 is 33.5. The van der Waals surface area contributed by atoms with Gasteiger partial charge < -0.3 is 10.1 Å². The van der Waals surface area contributed by atoms with Gasteiger partial charge in [0, 0.05) is 24.3 Å². The molecule has 1 aromatic rings. The average molecular weight is 350 g/mol. The number of hydrogen-bond donors (Lipinski definition) is 2. The summed E-state index contributed by atoms with van der Waals surface area (Å²) in [5.74, 6) is 0.318. The normalized spacial score (nSPS) is 23.5. The van der Waals surface area contributed by atoms with Crippen molar-refractivity contribution in [1.29, 1.82) is 0 Å². The van der Waals surface area contributed by atoms with E-state index in [0.29, 0.717) is 29.9 Å². The Hall–Kier alpha value is -0.700. The zero-order chi connectivity index (χ0) is 14.1. The molecular formula is C11H16BrN3O3S. The van der Waals surface area contributed by atoms with E-state index in [2.05, 4.69) is 31.0 Å². The molecule has 0 spiro atoms. The molecule has 1 aromatic heterocycles. The van der Waals surface area contributed by atoms with Crippen molar-refractivity contribution in [3.8, 4) is 0 Å². The highest BCUT2D eigenvalue weighted by Crippen LogP contribution is 2.26. The summed E-state index contributed by atoms with van der Waals surface area (Å²) in [5, 5.41) is 2.78. The Morgan fingerprint density at radius 1 is 1.53 bits per heavy atom. The molecule has 0 aromatic carbocycles. The number of anilines is 1. The van der Waals surface area contributed by atoms with Crippen LogP contribution in [0.4, 0.5) is 5.82 Å². The Bertz CT molecular complexity index is 571. The highest BCUT2D eigenvalue weighted by atomic mass is 79.9. The van der Waals surface area contributed by atoms with E-state index in [-0.39, 0.29) is 4.90 Å². The summed E-state index contributed by atoms with van der Waals surface area (Å²) in [7, 11) is -2.02. The first-order valence-electron chi connectivity index (χ1n) is 5.81. The number of nitrogens with one attached hydrogen (secondary N) is 2. The summed E-state index contributed by atoms with van der Waals surface area (Å²) in [6.45, 7) is 2.78. The van der Waals surface area contributed by atoms with Crippen LogP contribution >= 0.6 is 15.9 Å². The molecule has 1 atom stereocenters. The summed E-state index contributed by atoms with van der Waals surface area (Å²) in [5.41, 5.74) is -0.563. The van der Waals surface area contributed by atoms with E-state index in [0.717, 1.165) is 0 Å². The van der Waals surface area contributed by atoms with Gasteiger partial charge in [-0.15, -0.1) is 0 Å². The third-order valence-electron chi connectivity index (χ3n) is 2.95. The van der Waals surface area contributed by atoms with Crippen molar-refractivity contribution in [2.45, 2.75) is 23.8 Å². The van der Waals surface area contributed by atoms with Gasteiger partial charge in [-0.2, -0.15) is 0 Å². The van der Waals surface area contributed by atoms with Crippen molar-refractivity contribution >= 4 is 31.8 Å². The number of hydrogen-bond acceptors (Lipinski definition) is 5. The molecule has 8 heteroatoms. The van der Waals surface area contributed by atoms with Gasteiger partial charge in [0.15, 0.2) is 0 Å². The molecule has 0 radical (unpaired) electrons. The van der Waals surface area contributed by atoms with Crippen molar-refractivity contribution in [1.82, 2.24) is 9.71 Å². The minimum atomic E-state index is -3.65. The van der Waals surface area contributed by atoms with Gasteiger partial charge >= 0.3 is 0 Å². The number of halogens is 1. The summed E-state index contributed by atoms with van der Waals surface area (Å²) in [6, 6.07) is 1.53. The Kier molecular flexibility index (Phi) is 4.14. The lowest BCUT2D eigenvalue weighted by molar-refractivity contribution is 0.178. The van der Waals surface area contributed by atoms with Crippen LogP contribution in [-0.4, -0.2) is 39.2 Å². The molecule has 1 fully saturated rings. The fourth-order valence-corrected chi connectivity index (χ4v) is 4.03. The van der Waals surface area contributed by atoms with Crippen LogP contribution in [-0.2, 0) is 14.8 Å². The molecule has 19 heavy (non-hydrogen) atoms. The number of pyridine rings is 1. The molecule has 0 amide bonds. The fourth-order valence-electron chi connectivity index (χ4n) is 1.94. The van der Waals surface area contributed by atoms with Crippen molar-refractivity contribution in [2.75, 3.05) is 25.6 Å². The number of rotatable bonds is 4. The van der Waals surface area contributed by atoms with Crippen molar-refractivity contribution in [3.05, 3.63) is 16.7 Å². The molecular weight excluding hydrogens is 334 g/mol. The van der Waals surface area contributed by atoms with Crippen LogP contribution in [0.3, 0.4) is 0 Å². The van der Waals surface area contributed by atoms with Gasteiger partial charge in [0.25, 0.3) is 0 Å². The van der Waals surface area contributed by atoms with Crippen LogP contribution in [0, 0.1) is 0 Å². The largest absolute Gasteiger partial charge is 0.379 e. The second-order valence-electron chi connectivity index (χ2n) is 4.72. The SMILES string of the molecule is CNc1ncc(Br)cc1S(=O)(=O)NC1(C)CCOC1. The van der Waals surface area contributed by atoms with Crippen molar-refractivity contribution < 1.29 is 13.2 Å².